The van der Waals surface area contributed by atoms with E-state index in [0.29, 0.717) is 23.7 Å². The smallest absolute Gasteiger partial charge is 0.342 e. The van der Waals surface area contributed by atoms with Crippen LogP contribution in [0, 0.1) is 6.92 Å². The van der Waals surface area contributed by atoms with Crippen molar-refractivity contribution >= 4 is 23.5 Å². The number of amides is 2. The highest BCUT2D eigenvalue weighted by Gasteiger charge is 2.20. The van der Waals surface area contributed by atoms with Crippen molar-refractivity contribution in [2.24, 2.45) is 0 Å². The molecule has 0 aliphatic carbocycles. The summed E-state index contributed by atoms with van der Waals surface area (Å²) in [6.07, 6.45) is 0. The van der Waals surface area contributed by atoms with Gasteiger partial charge in [-0.3, -0.25) is 9.59 Å². The second-order valence-electron chi connectivity index (χ2n) is 7.75. The third-order valence-electron chi connectivity index (χ3n) is 5.28. The molecule has 36 heavy (non-hydrogen) atoms. The summed E-state index contributed by atoms with van der Waals surface area (Å²) in [4.78, 5) is 37.9. The Hall–Kier alpha value is -4.53. The van der Waals surface area contributed by atoms with Crippen LogP contribution in [-0.2, 0) is 16.1 Å². The largest absolute Gasteiger partial charge is 0.496 e. The second kappa shape index (κ2) is 12.3. The van der Waals surface area contributed by atoms with Gasteiger partial charge in [0.05, 0.1) is 32.6 Å². The van der Waals surface area contributed by atoms with Crippen LogP contribution in [0.5, 0.6) is 17.2 Å². The van der Waals surface area contributed by atoms with E-state index in [1.807, 2.05) is 31.2 Å². The third kappa shape index (κ3) is 6.53. The molecule has 2 N–H and O–H groups in total. The van der Waals surface area contributed by atoms with Crippen LogP contribution in [0.2, 0.25) is 0 Å². The number of nitrogens with one attached hydrogen (secondary N) is 2. The van der Waals surface area contributed by atoms with Crippen molar-refractivity contribution in [1.29, 1.82) is 0 Å². The van der Waals surface area contributed by atoms with Crippen LogP contribution in [-0.4, -0.2) is 45.7 Å². The number of carbonyl (C=O) groups excluding carboxylic acids is 3. The Balaban J connectivity index is 1.63. The number of methoxy groups -OCH3 is 3. The molecule has 0 aliphatic rings. The van der Waals surface area contributed by atoms with E-state index in [2.05, 4.69) is 10.6 Å². The zero-order valence-electron chi connectivity index (χ0n) is 20.5. The number of hydrogen-bond donors (Lipinski definition) is 2. The molecule has 0 heterocycles. The van der Waals surface area contributed by atoms with E-state index in [4.69, 9.17) is 18.9 Å². The van der Waals surface area contributed by atoms with Crippen LogP contribution >= 0.6 is 0 Å². The van der Waals surface area contributed by atoms with E-state index in [-0.39, 0.29) is 22.8 Å². The Kier molecular flexibility index (Phi) is 8.88. The van der Waals surface area contributed by atoms with Crippen molar-refractivity contribution < 1.29 is 33.3 Å². The lowest BCUT2D eigenvalue weighted by Crippen LogP contribution is -2.26. The average Bonchev–Trinajstić information content (AvgIpc) is 2.90. The van der Waals surface area contributed by atoms with Crippen molar-refractivity contribution in [3.63, 3.8) is 0 Å². The lowest BCUT2D eigenvalue weighted by Gasteiger charge is -2.14. The average molecular weight is 493 g/mol. The second-order valence-corrected chi connectivity index (χ2v) is 7.75. The quantitative estimate of drug-likeness (QED) is 0.415. The van der Waals surface area contributed by atoms with Crippen molar-refractivity contribution in [3.05, 3.63) is 82.9 Å². The minimum absolute atomic E-state index is 0.0684. The first kappa shape index (κ1) is 26.1. The summed E-state index contributed by atoms with van der Waals surface area (Å²) >= 11 is 0. The standard InChI is InChI=1S/C27H28N2O7/c1-17-9-11-18(12-10-17)15-28-26(31)19-7-5-6-8-21(19)29-25(30)16-36-27(32)20-13-23(34-3)24(35-4)14-22(20)33-2/h5-14H,15-16H2,1-4H3,(H,28,31)(H,29,30). The van der Waals surface area contributed by atoms with Gasteiger partial charge in [0, 0.05) is 18.7 Å². The van der Waals surface area contributed by atoms with Gasteiger partial charge in [-0.2, -0.15) is 0 Å². The van der Waals surface area contributed by atoms with Crippen LogP contribution in [0.15, 0.2) is 60.7 Å². The molecule has 0 unspecified atom stereocenters. The van der Waals surface area contributed by atoms with Gasteiger partial charge in [-0.15, -0.1) is 0 Å². The zero-order valence-corrected chi connectivity index (χ0v) is 20.5. The van der Waals surface area contributed by atoms with E-state index in [1.165, 1.54) is 33.5 Å². The van der Waals surface area contributed by atoms with E-state index in [0.717, 1.165) is 11.1 Å². The first-order valence-corrected chi connectivity index (χ1v) is 11.1. The summed E-state index contributed by atoms with van der Waals surface area (Å²) in [6.45, 7) is 1.75. The van der Waals surface area contributed by atoms with Crippen LogP contribution in [0.3, 0.4) is 0 Å². The molecule has 0 radical (unpaired) electrons. The summed E-state index contributed by atoms with van der Waals surface area (Å²) in [5, 5.41) is 5.46. The highest BCUT2D eigenvalue weighted by molar-refractivity contribution is 6.04. The van der Waals surface area contributed by atoms with Gasteiger partial charge >= 0.3 is 5.97 Å². The number of rotatable bonds is 10. The summed E-state index contributed by atoms with van der Waals surface area (Å²) < 4.78 is 20.8. The molecule has 0 atom stereocenters. The number of benzene rings is 3. The number of aryl methyl sites for hydroxylation is 1. The summed E-state index contributed by atoms with van der Waals surface area (Å²) in [7, 11) is 4.28. The maximum absolute atomic E-state index is 12.7. The normalized spacial score (nSPS) is 10.2. The Bertz CT molecular complexity index is 1240. The molecule has 3 aromatic rings. The topological polar surface area (TPSA) is 112 Å². The van der Waals surface area contributed by atoms with Crippen molar-refractivity contribution in [2.45, 2.75) is 13.5 Å². The molecule has 2 amide bonds. The first-order chi connectivity index (χ1) is 17.4. The molecule has 9 nitrogen and oxygen atoms in total. The van der Waals surface area contributed by atoms with Crippen molar-refractivity contribution in [3.8, 4) is 17.2 Å². The maximum Gasteiger partial charge on any atom is 0.342 e. The molecule has 188 valence electrons. The summed E-state index contributed by atoms with van der Waals surface area (Å²) in [5.41, 5.74) is 2.73. The molecular formula is C27H28N2O7. The molecular weight excluding hydrogens is 464 g/mol. The van der Waals surface area contributed by atoms with Crippen molar-refractivity contribution in [1.82, 2.24) is 5.32 Å². The minimum Gasteiger partial charge on any atom is -0.496 e. The van der Waals surface area contributed by atoms with Gasteiger partial charge < -0.3 is 29.6 Å². The van der Waals surface area contributed by atoms with Gasteiger partial charge in [-0.05, 0) is 24.6 Å². The highest BCUT2D eigenvalue weighted by atomic mass is 16.5. The molecule has 0 aliphatic heterocycles. The molecule has 0 spiro atoms. The fourth-order valence-corrected chi connectivity index (χ4v) is 3.36. The lowest BCUT2D eigenvalue weighted by molar-refractivity contribution is -0.119. The third-order valence-corrected chi connectivity index (χ3v) is 5.28. The van der Waals surface area contributed by atoms with E-state index in [1.54, 1.807) is 24.3 Å². The van der Waals surface area contributed by atoms with Gasteiger partial charge in [-0.25, -0.2) is 4.79 Å². The number of para-hydroxylation sites is 1. The predicted molar refractivity (Wildman–Crippen MR) is 134 cm³/mol. The van der Waals surface area contributed by atoms with Gasteiger partial charge in [0.2, 0.25) is 0 Å². The van der Waals surface area contributed by atoms with Gasteiger partial charge in [0.1, 0.15) is 11.3 Å². The molecule has 0 saturated heterocycles. The number of esters is 1. The molecule has 0 aromatic heterocycles. The lowest BCUT2D eigenvalue weighted by atomic mass is 10.1. The Labute approximate surface area is 209 Å². The van der Waals surface area contributed by atoms with Crippen molar-refractivity contribution in [2.75, 3.05) is 33.3 Å². The van der Waals surface area contributed by atoms with Crippen LogP contribution < -0.4 is 24.8 Å². The monoisotopic (exact) mass is 492 g/mol. The Morgan fingerprint density at radius 1 is 0.778 bits per heavy atom. The number of hydrogen-bond acceptors (Lipinski definition) is 7. The summed E-state index contributed by atoms with van der Waals surface area (Å²) in [5.74, 6) is -0.859. The molecule has 3 aromatic carbocycles. The van der Waals surface area contributed by atoms with Gasteiger partial charge in [0.25, 0.3) is 11.8 Å². The van der Waals surface area contributed by atoms with Crippen LogP contribution in [0.1, 0.15) is 31.8 Å². The molecule has 0 saturated carbocycles. The molecule has 0 bridgehead atoms. The maximum atomic E-state index is 12.7. The Morgan fingerprint density at radius 3 is 2.08 bits per heavy atom. The predicted octanol–water partition coefficient (Wildman–Crippen LogP) is 3.75. The van der Waals surface area contributed by atoms with E-state index >= 15 is 0 Å². The van der Waals surface area contributed by atoms with Gasteiger partial charge in [-0.1, -0.05) is 42.0 Å². The minimum atomic E-state index is -0.785. The molecule has 3 rings (SSSR count). The fourth-order valence-electron chi connectivity index (χ4n) is 3.36. The first-order valence-electron chi connectivity index (χ1n) is 11.1. The molecule has 9 heteroatoms. The SMILES string of the molecule is COc1cc(OC)c(C(=O)OCC(=O)Nc2ccccc2C(=O)NCc2ccc(C)cc2)cc1OC. The fraction of sp³-hybridized carbons (Fsp3) is 0.222. The highest BCUT2D eigenvalue weighted by Crippen LogP contribution is 2.34. The van der Waals surface area contributed by atoms with Gasteiger partial charge in [0.15, 0.2) is 18.1 Å². The van der Waals surface area contributed by atoms with E-state index in [9.17, 15) is 14.4 Å². The number of carbonyl (C=O) groups is 3. The Morgan fingerprint density at radius 2 is 1.42 bits per heavy atom. The summed E-state index contributed by atoms with van der Waals surface area (Å²) in [6, 6.07) is 17.3. The van der Waals surface area contributed by atoms with Crippen LogP contribution in [0.25, 0.3) is 0 Å². The van der Waals surface area contributed by atoms with E-state index < -0.39 is 18.5 Å². The van der Waals surface area contributed by atoms with Crippen LogP contribution in [0.4, 0.5) is 5.69 Å². The number of anilines is 1. The molecule has 0 fully saturated rings. The zero-order chi connectivity index (χ0) is 26.1. The number of ether oxygens (including phenoxy) is 4.